The van der Waals surface area contributed by atoms with E-state index >= 15 is 0 Å². The van der Waals surface area contributed by atoms with Gasteiger partial charge in [0.05, 0.1) is 11.3 Å². The van der Waals surface area contributed by atoms with Crippen LogP contribution in [-0.2, 0) is 6.54 Å². The van der Waals surface area contributed by atoms with Gasteiger partial charge in [0.15, 0.2) is 11.5 Å². The van der Waals surface area contributed by atoms with Crippen LogP contribution >= 0.6 is 0 Å². The summed E-state index contributed by atoms with van der Waals surface area (Å²) in [7, 11) is 0. The smallest absolute Gasteiger partial charge is 0.255 e. The minimum Gasteiger partial charge on any atom is -0.486 e. The topological polar surface area (TPSA) is 76.2 Å². The number of amides is 1. The highest BCUT2D eigenvalue weighted by Gasteiger charge is 2.16. The van der Waals surface area contributed by atoms with Crippen molar-refractivity contribution in [2.24, 2.45) is 0 Å². The molecule has 1 aromatic heterocycles. The molecule has 0 spiro atoms. The van der Waals surface area contributed by atoms with Crippen molar-refractivity contribution < 1.29 is 14.3 Å². The average Bonchev–Trinajstić information content (AvgIpc) is 2.84. The molecule has 0 atom stereocenters. The third kappa shape index (κ3) is 2.69. The number of carbonyl (C=O) groups excluding carboxylic acids is 1. The average molecular weight is 287 g/mol. The van der Waals surface area contributed by atoms with Gasteiger partial charge in [-0.15, -0.1) is 0 Å². The van der Waals surface area contributed by atoms with Crippen molar-refractivity contribution in [1.29, 1.82) is 0 Å². The van der Waals surface area contributed by atoms with Gasteiger partial charge in [0.2, 0.25) is 0 Å². The third-order valence-corrected chi connectivity index (χ3v) is 3.41. The third-order valence-electron chi connectivity index (χ3n) is 3.41. The second-order valence-electron chi connectivity index (χ2n) is 4.97. The molecule has 2 aromatic rings. The van der Waals surface area contributed by atoms with E-state index in [0.717, 1.165) is 22.8 Å². The Bertz CT molecular complexity index is 659. The molecular formula is C15H17N3O3. The number of hydrogen-bond donors (Lipinski definition) is 2. The van der Waals surface area contributed by atoms with Gasteiger partial charge in [-0.2, -0.15) is 5.10 Å². The summed E-state index contributed by atoms with van der Waals surface area (Å²) < 4.78 is 11.0. The molecule has 2 heterocycles. The van der Waals surface area contributed by atoms with E-state index in [1.54, 1.807) is 0 Å². The molecule has 1 aliphatic heterocycles. The lowest BCUT2D eigenvalue weighted by Gasteiger charge is -2.19. The van der Waals surface area contributed by atoms with Gasteiger partial charge < -0.3 is 14.8 Å². The second-order valence-corrected chi connectivity index (χ2v) is 4.97. The molecule has 110 valence electrons. The molecule has 0 fully saturated rings. The fraction of sp³-hybridized carbons (Fsp3) is 0.333. The van der Waals surface area contributed by atoms with E-state index in [-0.39, 0.29) is 5.91 Å². The van der Waals surface area contributed by atoms with Crippen molar-refractivity contribution in [3.8, 4) is 11.5 Å². The first-order valence-corrected chi connectivity index (χ1v) is 6.83. The largest absolute Gasteiger partial charge is 0.486 e. The lowest BCUT2D eigenvalue weighted by Crippen LogP contribution is -2.24. The van der Waals surface area contributed by atoms with Crippen molar-refractivity contribution >= 4 is 5.91 Å². The summed E-state index contributed by atoms with van der Waals surface area (Å²) in [5.74, 6) is 1.34. The summed E-state index contributed by atoms with van der Waals surface area (Å²) in [6.45, 7) is 5.19. The summed E-state index contributed by atoms with van der Waals surface area (Å²) in [5.41, 5.74) is 3.04. The molecule has 1 aliphatic rings. The first-order chi connectivity index (χ1) is 10.1. The summed E-state index contributed by atoms with van der Waals surface area (Å²) in [6.07, 6.45) is 0. The molecule has 3 rings (SSSR count). The first-order valence-electron chi connectivity index (χ1n) is 6.83. The van der Waals surface area contributed by atoms with Crippen molar-refractivity contribution in [3.05, 3.63) is 40.7 Å². The Morgan fingerprint density at radius 1 is 1.29 bits per heavy atom. The Morgan fingerprint density at radius 2 is 2.05 bits per heavy atom. The van der Waals surface area contributed by atoms with Gasteiger partial charge in [-0.3, -0.25) is 9.89 Å². The Labute approximate surface area is 122 Å². The number of rotatable bonds is 3. The van der Waals surface area contributed by atoms with Crippen LogP contribution in [-0.4, -0.2) is 29.3 Å². The van der Waals surface area contributed by atoms with E-state index in [1.807, 2.05) is 32.0 Å². The number of aromatic nitrogens is 2. The molecule has 0 bridgehead atoms. The Hall–Kier alpha value is -2.50. The predicted molar refractivity (Wildman–Crippen MR) is 76.7 cm³/mol. The van der Waals surface area contributed by atoms with Gasteiger partial charge in [-0.25, -0.2) is 0 Å². The molecule has 0 saturated carbocycles. The maximum atomic E-state index is 12.2. The second kappa shape index (κ2) is 5.47. The summed E-state index contributed by atoms with van der Waals surface area (Å²) >= 11 is 0. The molecule has 21 heavy (non-hydrogen) atoms. The van der Waals surface area contributed by atoms with Crippen LogP contribution in [0.2, 0.25) is 0 Å². The molecule has 1 amide bonds. The number of aryl methyl sites for hydroxylation is 2. The van der Waals surface area contributed by atoms with Gasteiger partial charge in [-0.1, -0.05) is 6.07 Å². The summed E-state index contributed by atoms with van der Waals surface area (Å²) in [4.78, 5) is 12.2. The number of carbonyl (C=O) groups is 1. The lowest BCUT2D eigenvalue weighted by molar-refractivity contribution is 0.0949. The first kappa shape index (κ1) is 13.5. The van der Waals surface area contributed by atoms with Gasteiger partial charge in [0.1, 0.15) is 13.2 Å². The van der Waals surface area contributed by atoms with Crippen LogP contribution in [0.3, 0.4) is 0 Å². The van der Waals surface area contributed by atoms with Crippen molar-refractivity contribution in [1.82, 2.24) is 15.5 Å². The summed E-state index contributed by atoms with van der Waals surface area (Å²) in [6, 6.07) is 5.68. The van der Waals surface area contributed by atoms with Gasteiger partial charge in [-0.05, 0) is 31.5 Å². The van der Waals surface area contributed by atoms with Crippen molar-refractivity contribution in [3.63, 3.8) is 0 Å². The summed E-state index contributed by atoms with van der Waals surface area (Å²) in [5, 5.41) is 9.73. The maximum Gasteiger partial charge on any atom is 0.255 e. The van der Waals surface area contributed by atoms with Crippen LogP contribution in [0.1, 0.15) is 27.3 Å². The SMILES string of the molecule is Cc1n[nH]c(C)c1C(=O)NCc1ccc2c(c1)OCCO2. The quantitative estimate of drug-likeness (QED) is 0.901. The van der Waals surface area contributed by atoms with E-state index < -0.39 is 0 Å². The number of benzene rings is 1. The van der Waals surface area contributed by atoms with Crippen molar-refractivity contribution in [2.45, 2.75) is 20.4 Å². The zero-order chi connectivity index (χ0) is 14.8. The number of aromatic amines is 1. The van der Waals surface area contributed by atoms with E-state index in [4.69, 9.17) is 9.47 Å². The van der Waals surface area contributed by atoms with E-state index in [9.17, 15) is 4.79 Å². The van der Waals surface area contributed by atoms with Crippen LogP contribution in [0.15, 0.2) is 18.2 Å². The zero-order valence-electron chi connectivity index (χ0n) is 12.0. The van der Waals surface area contributed by atoms with Gasteiger partial charge >= 0.3 is 0 Å². The van der Waals surface area contributed by atoms with E-state index in [2.05, 4.69) is 15.5 Å². The lowest BCUT2D eigenvalue weighted by atomic mass is 10.1. The normalized spacial score (nSPS) is 13.0. The Kier molecular flexibility index (Phi) is 3.51. The number of H-pyrrole nitrogens is 1. The molecule has 1 aromatic carbocycles. The Morgan fingerprint density at radius 3 is 2.76 bits per heavy atom. The van der Waals surface area contributed by atoms with Crippen LogP contribution in [0.4, 0.5) is 0 Å². The molecule has 0 radical (unpaired) electrons. The number of hydrogen-bond acceptors (Lipinski definition) is 4. The number of nitrogens with one attached hydrogen (secondary N) is 2. The standard InChI is InChI=1S/C15H17N3O3/c1-9-14(10(2)18-17-9)15(19)16-8-11-3-4-12-13(7-11)21-6-5-20-12/h3-4,7H,5-6,8H2,1-2H3,(H,16,19)(H,17,18). The fourth-order valence-corrected chi connectivity index (χ4v) is 2.35. The highest BCUT2D eigenvalue weighted by Crippen LogP contribution is 2.30. The molecule has 6 nitrogen and oxygen atoms in total. The highest BCUT2D eigenvalue weighted by atomic mass is 16.6. The molecule has 6 heteroatoms. The van der Waals surface area contributed by atoms with Crippen molar-refractivity contribution in [2.75, 3.05) is 13.2 Å². The number of fused-ring (bicyclic) bond motifs is 1. The molecule has 0 unspecified atom stereocenters. The van der Waals surface area contributed by atoms with E-state index in [1.165, 1.54) is 0 Å². The van der Waals surface area contributed by atoms with Crippen LogP contribution in [0.5, 0.6) is 11.5 Å². The Balaban J connectivity index is 1.69. The maximum absolute atomic E-state index is 12.2. The minimum absolute atomic E-state index is 0.131. The van der Waals surface area contributed by atoms with Crippen LogP contribution in [0, 0.1) is 13.8 Å². The molecular weight excluding hydrogens is 270 g/mol. The van der Waals surface area contributed by atoms with Gasteiger partial charge in [0, 0.05) is 12.2 Å². The fourth-order valence-electron chi connectivity index (χ4n) is 2.35. The monoisotopic (exact) mass is 287 g/mol. The van der Waals surface area contributed by atoms with Crippen LogP contribution < -0.4 is 14.8 Å². The molecule has 0 saturated heterocycles. The zero-order valence-corrected chi connectivity index (χ0v) is 12.0. The number of ether oxygens (including phenoxy) is 2. The van der Waals surface area contributed by atoms with Gasteiger partial charge in [0.25, 0.3) is 5.91 Å². The predicted octanol–water partition coefficient (Wildman–Crippen LogP) is 1.73. The minimum atomic E-state index is -0.131. The van der Waals surface area contributed by atoms with Crippen LogP contribution in [0.25, 0.3) is 0 Å². The highest BCUT2D eigenvalue weighted by molar-refractivity contribution is 5.96. The van der Waals surface area contributed by atoms with E-state index in [0.29, 0.717) is 31.0 Å². The number of nitrogens with zero attached hydrogens (tertiary/aromatic N) is 1. The molecule has 2 N–H and O–H groups in total. The molecule has 0 aliphatic carbocycles.